The third-order valence-electron chi connectivity index (χ3n) is 7.05. The van der Waals surface area contributed by atoms with E-state index in [9.17, 15) is 9.59 Å². The minimum atomic E-state index is -0.545. The summed E-state index contributed by atoms with van der Waals surface area (Å²) in [5.41, 5.74) is 2.26. The number of nitrogens with zero attached hydrogens (tertiary/aromatic N) is 2. The molecule has 2 fully saturated rings. The number of alkyl carbamates (subject to hydrolysis) is 1. The number of para-hydroxylation sites is 1. The summed E-state index contributed by atoms with van der Waals surface area (Å²) in [6.07, 6.45) is 3.09. The van der Waals surface area contributed by atoms with Gasteiger partial charge in [-0.2, -0.15) is 0 Å². The van der Waals surface area contributed by atoms with Crippen molar-refractivity contribution in [3.05, 3.63) is 65.7 Å². The van der Waals surface area contributed by atoms with Crippen LogP contribution in [-0.4, -0.2) is 48.2 Å². The summed E-state index contributed by atoms with van der Waals surface area (Å²) in [5.74, 6) is 0.160. The monoisotopic (exact) mass is 463 g/mol. The lowest BCUT2D eigenvalue weighted by Gasteiger charge is -2.46. The van der Waals surface area contributed by atoms with Gasteiger partial charge in [0.05, 0.1) is 12.1 Å². The van der Waals surface area contributed by atoms with Crippen molar-refractivity contribution >= 4 is 17.7 Å². The van der Waals surface area contributed by atoms with Crippen molar-refractivity contribution in [2.45, 2.75) is 70.6 Å². The maximum atomic E-state index is 13.0. The first-order valence-electron chi connectivity index (χ1n) is 12.3. The fraction of sp³-hybridized carbons (Fsp3) is 0.500. The van der Waals surface area contributed by atoms with Crippen LogP contribution in [0.3, 0.4) is 0 Å². The van der Waals surface area contributed by atoms with Crippen molar-refractivity contribution in [2.24, 2.45) is 0 Å². The Bertz CT molecular complexity index is 1010. The van der Waals surface area contributed by atoms with Gasteiger partial charge in [-0.15, -0.1) is 0 Å². The van der Waals surface area contributed by atoms with Gasteiger partial charge >= 0.3 is 6.09 Å². The van der Waals surface area contributed by atoms with Crippen LogP contribution in [0.15, 0.2) is 54.6 Å². The fourth-order valence-electron chi connectivity index (χ4n) is 5.33. The van der Waals surface area contributed by atoms with Gasteiger partial charge < -0.3 is 15.0 Å². The number of amides is 2. The second-order valence-corrected chi connectivity index (χ2v) is 10.6. The molecule has 1 saturated carbocycles. The van der Waals surface area contributed by atoms with Gasteiger partial charge in [0.25, 0.3) is 0 Å². The molecule has 1 aliphatic heterocycles. The predicted octanol–water partition coefficient (Wildman–Crippen LogP) is 5.01. The van der Waals surface area contributed by atoms with E-state index in [-0.39, 0.29) is 12.0 Å². The number of hydrogen-bond acceptors (Lipinski definition) is 4. The van der Waals surface area contributed by atoms with Crippen LogP contribution in [0.2, 0.25) is 0 Å². The molecule has 4 rings (SSSR count). The van der Waals surface area contributed by atoms with Crippen molar-refractivity contribution in [3.8, 4) is 0 Å². The van der Waals surface area contributed by atoms with Crippen molar-refractivity contribution in [1.82, 2.24) is 10.2 Å². The van der Waals surface area contributed by atoms with Gasteiger partial charge in [0.15, 0.2) is 0 Å². The molecule has 2 amide bonds. The fourth-order valence-corrected chi connectivity index (χ4v) is 5.33. The van der Waals surface area contributed by atoms with E-state index in [4.69, 9.17) is 4.74 Å². The lowest BCUT2D eigenvalue weighted by atomic mass is 9.74. The average molecular weight is 464 g/mol. The van der Waals surface area contributed by atoms with E-state index in [1.165, 1.54) is 0 Å². The van der Waals surface area contributed by atoms with Crippen molar-refractivity contribution in [3.63, 3.8) is 0 Å². The summed E-state index contributed by atoms with van der Waals surface area (Å²) in [7, 11) is 0. The first kappa shape index (κ1) is 24.3. The van der Waals surface area contributed by atoms with E-state index < -0.39 is 11.1 Å². The van der Waals surface area contributed by atoms with E-state index in [1.807, 2.05) is 62.1 Å². The molecular formula is C28H37N3O3. The predicted molar refractivity (Wildman–Crippen MR) is 135 cm³/mol. The maximum Gasteiger partial charge on any atom is 0.408 e. The largest absolute Gasteiger partial charge is 0.444 e. The summed E-state index contributed by atoms with van der Waals surface area (Å²) in [6, 6.07) is 18.6. The van der Waals surface area contributed by atoms with Gasteiger partial charge in [-0.1, -0.05) is 48.5 Å². The van der Waals surface area contributed by atoms with Crippen LogP contribution in [0.5, 0.6) is 0 Å². The zero-order chi connectivity index (χ0) is 24.3. The molecule has 6 heteroatoms. The summed E-state index contributed by atoms with van der Waals surface area (Å²) >= 11 is 0. The first-order valence-corrected chi connectivity index (χ1v) is 12.3. The molecule has 0 bridgehead atoms. The lowest BCUT2D eigenvalue weighted by Crippen LogP contribution is -2.57. The Morgan fingerprint density at radius 2 is 1.65 bits per heavy atom. The molecule has 2 aromatic carbocycles. The maximum absolute atomic E-state index is 13.0. The Balaban J connectivity index is 1.43. The standard InChI is InChI=1S/C28H37N3O3/c1-21-10-8-9-13-24(21)31-19-18-30(20-25(31)32)23-14-16-28(17-15-23,22-11-6-5-7-12-22)29-26(33)34-27(2,3)4/h5-13,23H,14-20H2,1-4H3,(H,29,33). The number of carbonyl (C=O) groups is 2. The Labute approximate surface area is 203 Å². The molecule has 1 N–H and O–H groups in total. The molecular weight excluding hydrogens is 426 g/mol. The molecule has 0 radical (unpaired) electrons. The Kier molecular flexibility index (Phi) is 6.99. The van der Waals surface area contributed by atoms with Crippen LogP contribution >= 0.6 is 0 Å². The average Bonchev–Trinajstić information content (AvgIpc) is 2.79. The minimum Gasteiger partial charge on any atom is -0.444 e. The van der Waals surface area contributed by atoms with Gasteiger partial charge in [0.2, 0.25) is 5.91 Å². The summed E-state index contributed by atoms with van der Waals surface area (Å²) in [5, 5.41) is 3.22. The van der Waals surface area contributed by atoms with Crippen LogP contribution in [0.1, 0.15) is 57.6 Å². The molecule has 182 valence electrons. The number of piperazine rings is 1. The molecule has 0 aromatic heterocycles. The number of hydrogen-bond donors (Lipinski definition) is 1. The second-order valence-electron chi connectivity index (χ2n) is 10.6. The number of aryl methyl sites for hydroxylation is 1. The van der Waals surface area contributed by atoms with E-state index >= 15 is 0 Å². The molecule has 6 nitrogen and oxygen atoms in total. The van der Waals surface area contributed by atoms with E-state index in [2.05, 4.69) is 35.3 Å². The van der Waals surface area contributed by atoms with Gasteiger partial charge in [-0.3, -0.25) is 9.69 Å². The summed E-state index contributed by atoms with van der Waals surface area (Å²) in [6.45, 7) is 9.71. The zero-order valence-electron chi connectivity index (χ0n) is 20.8. The van der Waals surface area contributed by atoms with Crippen molar-refractivity contribution < 1.29 is 14.3 Å². The van der Waals surface area contributed by atoms with Gasteiger partial charge in [-0.25, -0.2) is 4.79 Å². The van der Waals surface area contributed by atoms with Gasteiger partial charge in [0, 0.05) is 24.8 Å². The minimum absolute atomic E-state index is 0.160. The van der Waals surface area contributed by atoms with E-state index in [1.54, 1.807) is 0 Å². The SMILES string of the molecule is Cc1ccccc1N1CCN(C2CCC(NC(=O)OC(C)(C)C)(c3ccccc3)CC2)CC1=O. The molecule has 1 saturated heterocycles. The van der Waals surface area contributed by atoms with Crippen LogP contribution < -0.4 is 10.2 Å². The van der Waals surface area contributed by atoms with Gasteiger partial charge in [0.1, 0.15) is 5.60 Å². The molecule has 0 unspecified atom stereocenters. The highest BCUT2D eigenvalue weighted by Crippen LogP contribution is 2.39. The second kappa shape index (κ2) is 9.79. The topological polar surface area (TPSA) is 61.9 Å². The summed E-state index contributed by atoms with van der Waals surface area (Å²) < 4.78 is 5.60. The molecule has 1 aliphatic carbocycles. The zero-order valence-corrected chi connectivity index (χ0v) is 20.8. The molecule has 0 atom stereocenters. The molecule has 2 aromatic rings. The third kappa shape index (κ3) is 5.44. The first-order chi connectivity index (χ1) is 16.2. The van der Waals surface area contributed by atoms with Crippen LogP contribution in [0.25, 0.3) is 0 Å². The number of rotatable bonds is 4. The smallest absolute Gasteiger partial charge is 0.408 e. The highest BCUT2D eigenvalue weighted by molar-refractivity contribution is 5.96. The molecule has 34 heavy (non-hydrogen) atoms. The number of nitrogens with one attached hydrogen (secondary N) is 1. The Morgan fingerprint density at radius 3 is 2.26 bits per heavy atom. The lowest BCUT2D eigenvalue weighted by molar-refractivity contribution is -0.122. The number of ether oxygens (including phenoxy) is 1. The van der Waals surface area contributed by atoms with E-state index in [0.717, 1.165) is 49.0 Å². The molecule has 2 aliphatic rings. The Hall–Kier alpha value is -2.86. The van der Waals surface area contributed by atoms with Gasteiger partial charge in [-0.05, 0) is 70.6 Å². The van der Waals surface area contributed by atoms with Crippen LogP contribution in [0.4, 0.5) is 10.5 Å². The van der Waals surface area contributed by atoms with Crippen LogP contribution in [-0.2, 0) is 15.1 Å². The molecule has 0 spiro atoms. The molecule has 1 heterocycles. The third-order valence-corrected chi connectivity index (χ3v) is 7.05. The number of anilines is 1. The Morgan fingerprint density at radius 1 is 1.00 bits per heavy atom. The highest BCUT2D eigenvalue weighted by Gasteiger charge is 2.41. The number of benzene rings is 2. The summed E-state index contributed by atoms with van der Waals surface area (Å²) in [4.78, 5) is 30.0. The van der Waals surface area contributed by atoms with E-state index in [0.29, 0.717) is 19.1 Å². The van der Waals surface area contributed by atoms with Crippen LogP contribution in [0, 0.1) is 6.92 Å². The number of carbonyl (C=O) groups excluding carboxylic acids is 2. The highest BCUT2D eigenvalue weighted by atomic mass is 16.6. The van der Waals surface area contributed by atoms with Crippen molar-refractivity contribution in [2.75, 3.05) is 24.5 Å². The normalized spacial score (nSPS) is 24.1. The quantitative estimate of drug-likeness (QED) is 0.693. The van der Waals surface area contributed by atoms with Crippen molar-refractivity contribution in [1.29, 1.82) is 0 Å².